The van der Waals surface area contributed by atoms with Crippen LogP contribution in [0, 0.1) is 0 Å². The molecule has 0 bridgehead atoms. The predicted molar refractivity (Wildman–Crippen MR) is 64.3 cm³/mol. The van der Waals surface area contributed by atoms with Gasteiger partial charge in [-0.05, 0) is 25.0 Å². The van der Waals surface area contributed by atoms with Gasteiger partial charge in [-0.25, -0.2) is 5.01 Å². The zero-order chi connectivity index (χ0) is 13.9. The summed E-state index contributed by atoms with van der Waals surface area (Å²) >= 11 is 0. The Morgan fingerprint density at radius 1 is 1.11 bits per heavy atom. The molecule has 0 spiro atoms. The van der Waals surface area contributed by atoms with E-state index in [9.17, 15) is 18.0 Å². The number of benzene rings is 1. The van der Waals surface area contributed by atoms with E-state index in [-0.39, 0.29) is 5.56 Å². The highest BCUT2D eigenvalue weighted by Gasteiger charge is 2.35. The van der Waals surface area contributed by atoms with Gasteiger partial charge in [0.25, 0.3) is 5.91 Å². The molecule has 0 saturated carbocycles. The average Bonchev–Trinajstić information content (AvgIpc) is 2.39. The van der Waals surface area contributed by atoms with Crippen molar-refractivity contribution in [3.8, 4) is 0 Å². The SMILES string of the molecule is O=C(NN1CCCCC1)c1ccccc1C(F)(F)F. The van der Waals surface area contributed by atoms with Crippen molar-refractivity contribution in [3.63, 3.8) is 0 Å². The molecule has 19 heavy (non-hydrogen) atoms. The summed E-state index contributed by atoms with van der Waals surface area (Å²) in [6, 6.07) is 4.83. The summed E-state index contributed by atoms with van der Waals surface area (Å²) in [6.45, 7) is 1.36. The second-order valence-electron chi connectivity index (χ2n) is 4.53. The van der Waals surface area contributed by atoms with Gasteiger partial charge in [-0.1, -0.05) is 18.6 Å². The van der Waals surface area contributed by atoms with Crippen LogP contribution in [0.2, 0.25) is 0 Å². The van der Waals surface area contributed by atoms with Gasteiger partial charge < -0.3 is 0 Å². The van der Waals surface area contributed by atoms with Crippen molar-refractivity contribution < 1.29 is 18.0 Å². The lowest BCUT2D eigenvalue weighted by molar-refractivity contribution is -0.138. The van der Waals surface area contributed by atoms with E-state index in [1.165, 1.54) is 18.2 Å². The van der Waals surface area contributed by atoms with Crippen LogP contribution in [0.25, 0.3) is 0 Å². The minimum Gasteiger partial charge on any atom is -0.285 e. The number of halogens is 3. The lowest BCUT2D eigenvalue weighted by atomic mass is 10.1. The molecule has 1 aliphatic heterocycles. The number of carbonyl (C=O) groups excluding carboxylic acids is 1. The molecule has 0 aromatic heterocycles. The molecule has 1 amide bonds. The van der Waals surface area contributed by atoms with Crippen LogP contribution in [0.3, 0.4) is 0 Å². The maximum Gasteiger partial charge on any atom is 0.417 e. The fourth-order valence-electron chi connectivity index (χ4n) is 2.14. The Kier molecular flexibility index (Phi) is 4.09. The lowest BCUT2D eigenvalue weighted by Gasteiger charge is -2.27. The first-order valence-corrected chi connectivity index (χ1v) is 6.20. The Morgan fingerprint density at radius 3 is 2.37 bits per heavy atom. The topological polar surface area (TPSA) is 32.3 Å². The van der Waals surface area contributed by atoms with E-state index in [0.717, 1.165) is 25.3 Å². The summed E-state index contributed by atoms with van der Waals surface area (Å²) < 4.78 is 38.4. The van der Waals surface area contributed by atoms with Crippen LogP contribution in [0.1, 0.15) is 35.2 Å². The van der Waals surface area contributed by atoms with Crippen molar-refractivity contribution >= 4 is 5.91 Å². The Labute approximate surface area is 109 Å². The van der Waals surface area contributed by atoms with E-state index in [4.69, 9.17) is 0 Å². The molecule has 6 heteroatoms. The molecule has 1 aliphatic rings. The van der Waals surface area contributed by atoms with Gasteiger partial charge in [0, 0.05) is 13.1 Å². The molecule has 1 aromatic rings. The third-order valence-electron chi connectivity index (χ3n) is 3.09. The normalized spacial score (nSPS) is 17.2. The van der Waals surface area contributed by atoms with Crippen LogP contribution in [-0.2, 0) is 6.18 Å². The third-order valence-corrected chi connectivity index (χ3v) is 3.09. The van der Waals surface area contributed by atoms with E-state index >= 15 is 0 Å². The van der Waals surface area contributed by atoms with Gasteiger partial charge in [0.2, 0.25) is 0 Å². The van der Waals surface area contributed by atoms with Gasteiger partial charge in [0.05, 0.1) is 11.1 Å². The van der Waals surface area contributed by atoms with Gasteiger partial charge in [-0.15, -0.1) is 0 Å². The fourth-order valence-corrected chi connectivity index (χ4v) is 2.14. The number of hydrogen-bond acceptors (Lipinski definition) is 2. The maximum atomic E-state index is 12.8. The lowest BCUT2D eigenvalue weighted by Crippen LogP contribution is -2.45. The van der Waals surface area contributed by atoms with Crippen LogP contribution >= 0.6 is 0 Å². The molecule has 1 saturated heterocycles. The molecule has 1 N–H and O–H groups in total. The summed E-state index contributed by atoms with van der Waals surface area (Å²) in [5, 5.41) is 1.68. The fraction of sp³-hybridized carbons (Fsp3) is 0.462. The zero-order valence-corrected chi connectivity index (χ0v) is 10.3. The molecule has 3 nitrogen and oxygen atoms in total. The quantitative estimate of drug-likeness (QED) is 0.898. The third kappa shape index (κ3) is 3.47. The number of carbonyl (C=O) groups is 1. The van der Waals surface area contributed by atoms with Crippen molar-refractivity contribution in [2.24, 2.45) is 0 Å². The van der Waals surface area contributed by atoms with E-state index in [1.807, 2.05) is 0 Å². The molecular weight excluding hydrogens is 257 g/mol. The smallest absolute Gasteiger partial charge is 0.285 e. The number of rotatable bonds is 2. The second-order valence-corrected chi connectivity index (χ2v) is 4.53. The summed E-state index contributed by atoms with van der Waals surface area (Å²) in [4.78, 5) is 11.9. The van der Waals surface area contributed by atoms with Crippen molar-refractivity contribution in [2.75, 3.05) is 13.1 Å². The molecule has 104 valence electrons. The minimum absolute atomic E-state index is 0.333. The number of nitrogens with one attached hydrogen (secondary N) is 1. The highest BCUT2D eigenvalue weighted by molar-refractivity contribution is 5.95. The number of nitrogens with zero attached hydrogens (tertiary/aromatic N) is 1. The van der Waals surface area contributed by atoms with E-state index in [0.29, 0.717) is 13.1 Å². The molecule has 2 rings (SSSR count). The monoisotopic (exact) mass is 272 g/mol. The van der Waals surface area contributed by atoms with Gasteiger partial charge in [-0.2, -0.15) is 13.2 Å². The largest absolute Gasteiger partial charge is 0.417 e. The van der Waals surface area contributed by atoms with Gasteiger partial charge >= 0.3 is 6.18 Å². The Hall–Kier alpha value is -1.56. The van der Waals surface area contributed by atoms with Crippen LogP contribution < -0.4 is 5.43 Å². The van der Waals surface area contributed by atoms with Crippen molar-refractivity contribution in [3.05, 3.63) is 35.4 Å². The highest BCUT2D eigenvalue weighted by atomic mass is 19.4. The molecule has 0 atom stereocenters. The Morgan fingerprint density at radius 2 is 1.74 bits per heavy atom. The van der Waals surface area contributed by atoms with Crippen LogP contribution in [0.15, 0.2) is 24.3 Å². The van der Waals surface area contributed by atoms with Crippen molar-refractivity contribution in [2.45, 2.75) is 25.4 Å². The molecule has 0 unspecified atom stereocenters. The average molecular weight is 272 g/mol. The Balaban J connectivity index is 2.14. The first kappa shape index (κ1) is 13.9. The summed E-state index contributed by atoms with van der Waals surface area (Å²) in [5.74, 6) is -0.699. The minimum atomic E-state index is -4.52. The number of amides is 1. The second kappa shape index (κ2) is 5.61. The number of alkyl halides is 3. The first-order valence-electron chi connectivity index (χ1n) is 6.20. The summed E-state index contributed by atoms with van der Waals surface area (Å²) in [7, 11) is 0. The van der Waals surface area contributed by atoms with Crippen molar-refractivity contribution in [1.82, 2.24) is 10.4 Å². The van der Waals surface area contributed by atoms with E-state index in [1.54, 1.807) is 5.01 Å². The summed E-state index contributed by atoms with van der Waals surface area (Å²) in [6.07, 6.45) is -1.54. The maximum absolute atomic E-state index is 12.8. The number of hydrogen-bond donors (Lipinski definition) is 1. The Bertz CT molecular complexity index is 453. The van der Waals surface area contributed by atoms with Gasteiger partial charge in [-0.3, -0.25) is 10.2 Å². The van der Waals surface area contributed by atoms with E-state index < -0.39 is 17.6 Å². The molecule has 0 aliphatic carbocycles. The molecule has 1 aromatic carbocycles. The van der Waals surface area contributed by atoms with Gasteiger partial charge in [0.15, 0.2) is 0 Å². The van der Waals surface area contributed by atoms with Crippen LogP contribution in [0.5, 0.6) is 0 Å². The number of hydrazine groups is 1. The molecule has 1 fully saturated rings. The van der Waals surface area contributed by atoms with Crippen LogP contribution in [0.4, 0.5) is 13.2 Å². The van der Waals surface area contributed by atoms with Gasteiger partial charge in [0.1, 0.15) is 0 Å². The standard InChI is InChI=1S/C13H15F3N2O/c14-13(15,16)11-7-3-2-6-10(11)12(19)17-18-8-4-1-5-9-18/h2-3,6-7H,1,4-5,8-9H2,(H,17,19). The number of piperidine rings is 1. The highest BCUT2D eigenvalue weighted by Crippen LogP contribution is 2.31. The van der Waals surface area contributed by atoms with Crippen LogP contribution in [-0.4, -0.2) is 24.0 Å². The summed E-state index contributed by atoms with van der Waals surface area (Å²) in [5.41, 5.74) is 1.31. The zero-order valence-electron chi connectivity index (χ0n) is 10.3. The van der Waals surface area contributed by atoms with E-state index in [2.05, 4.69) is 5.43 Å². The predicted octanol–water partition coefficient (Wildman–Crippen LogP) is 2.84. The molecular formula is C13H15F3N2O. The molecule has 0 radical (unpaired) electrons. The van der Waals surface area contributed by atoms with Crippen molar-refractivity contribution in [1.29, 1.82) is 0 Å². The molecule has 1 heterocycles. The first-order chi connectivity index (χ1) is 8.98.